The standard InChI is InChI=1S/C14H15FN2O4S/c1-9(2)22(20,21)17-6-5-13(16-17)11-7-10(8-14(18)19)3-4-12(11)15/h3-7,9H,8H2,1-2H3,(H,18,19). The van der Waals surface area contributed by atoms with Crippen LogP contribution in [0.15, 0.2) is 30.5 Å². The van der Waals surface area contributed by atoms with Gasteiger partial charge >= 0.3 is 5.97 Å². The maximum Gasteiger partial charge on any atom is 0.307 e. The molecule has 2 rings (SSSR count). The van der Waals surface area contributed by atoms with E-state index in [1.807, 2.05) is 0 Å². The number of aromatic nitrogens is 2. The molecule has 118 valence electrons. The number of halogens is 1. The molecule has 0 saturated heterocycles. The third-order valence-electron chi connectivity index (χ3n) is 3.08. The zero-order valence-electron chi connectivity index (χ0n) is 12.0. The lowest BCUT2D eigenvalue weighted by Crippen LogP contribution is -2.22. The van der Waals surface area contributed by atoms with Gasteiger partial charge in [0.25, 0.3) is 10.0 Å². The minimum absolute atomic E-state index is 0.0662. The van der Waals surface area contributed by atoms with Gasteiger partial charge in [-0.3, -0.25) is 4.79 Å². The highest BCUT2D eigenvalue weighted by Gasteiger charge is 2.20. The molecule has 1 heterocycles. The lowest BCUT2D eigenvalue weighted by molar-refractivity contribution is -0.136. The topological polar surface area (TPSA) is 89.3 Å². The van der Waals surface area contributed by atoms with E-state index in [0.717, 1.165) is 10.2 Å². The van der Waals surface area contributed by atoms with Crippen LogP contribution in [0.1, 0.15) is 19.4 Å². The summed E-state index contributed by atoms with van der Waals surface area (Å²) in [4.78, 5) is 10.7. The molecule has 6 nitrogen and oxygen atoms in total. The summed E-state index contributed by atoms with van der Waals surface area (Å²) < 4.78 is 38.7. The van der Waals surface area contributed by atoms with E-state index >= 15 is 0 Å². The van der Waals surface area contributed by atoms with Crippen LogP contribution in [0.4, 0.5) is 4.39 Å². The van der Waals surface area contributed by atoms with Crippen molar-refractivity contribution in [3.63, 3.8) is 0 Å². The first kappa shape index (κ1) is 16.2. The van der Waals surface area contributed by atoms with E-state index < -0.39 is 27.1 Å². The van der Waals surface area contributed by atoms with Crippen molar-refractivity contribution >= 4 is 16.0 Å². The first-order chi connectivity index (χ1) is 10.2. The SMILES string of the molecule is CC(C)S(=O)(=O)n1ccc(-c2cc(CC(=O)O)ccc2F)n1. The first-order valence-electron chi connectivity index (χ1n) is 6.52. The molecular weight excluding hydrogens is 311 g/mol. The van der Waals surface area contributed by atoms with Gasteiger partial charge in [0.15, 0.2) is 0 Å². The molecular formula is C14H15FN2O4S. The quantitative estimate of drug-likeness (QED) is 0.906. The highest BCUT2D eigenvalue weighted by Crippen LogP contribution is 2.23. The van der Waals surface area contributed by atoms with Crippen LogP contribution in [0, 0.1) is 5.82 Å². The Bertz CT molecular complexity index is 812. The molecule has 1 aromatic carbocycles. The van der Waals surface area contributed by atoms with E-state index in [2.05, 4.69) is 5.10 Å². The molecule has 22 heavy (non-hydrogen) atoms. The van der Waals surface area contributed by atoms with Crippen LogP contribution in [0.2, 0.25) is 0 Å². The third-order valence-corrected chi connectivity index (χ3v) is 5.00. The summed E-state index contributed by atoms with van der Waals surface area (Å²) in [6, 6.07) is 5.25. The summed E-state index contributed by atoms with van der Waals surface area (Å²) in [5.41, 5.74) is 0.607. The third kappa shape index (κ3) is 3.16. The van der Waals surface area contributed by atoms with E-state index in [4.69, 9.17) is 5.11 Å². The van der Waals surface area contributed by atoms with Crippen molar-refractivity contribution in [2.24, 2.45) is 0 Å². The van der Waals surface area contributed by atoms with Crippen molar-refractivity contribution < 1.29 is 22.7 Å². The average molecular weight is 326 g/mol. The second kappa shape index (κ2) is 5.88. The molecule has 0 aliphatic rings. The Labute approximate surface area is 127 Å². The maximum atomic E-state index is 13.9. The number of rotatable bonds is 5. The van der Waals surface area contributed by atoms with Crippen LogP contribution in [-0.2, 0) is 21.2 Å². The lowest BCUT2D eigenvalue weighted by atomic mass is 10.1. The monoisotopic (exact) mass is 326 g/mol. The summed E-state index contributed by atoms with van der Waals surface area (Å²) in [6.07, 6.45) is 0.992. The lowest BCUT2D eigenvalue weighted by Gasteiger charge is -2.07. The molecule has 0 amide bonds. The predicted molar refractivity (Wildman–Crippen MR) is 78.4 cm³/mol. The molecule has 1 N–H and O–H groups in total. The van der Waals surface area contributed by atoms with Gasteiger partial charge in [-0.05, 0) is 37.6 Å². The predicted octanol–water partition coefficient (Wildman–Crippen LogP) is 1.90. The van der Waals surface area contributed by atoms with Gasteiger partial charge in [-0.25, -0.2) is 12.8 Å². The molecule has 0 unspecified atom stereocenters. The largest absolute Gasteiger partial charge is 0.481 e. The summed E-state index contributed by atoms with van der Waals surface area (Å²) in [5, 5.41) is 12.0. The van der Waals surface area contributed by atoms with Gasteiger partial charge in [-0.1, -0.05) is 6.07 Å². The Morgan fingerprint density at radius 2 is 2.05 bits per heavy atom. The summed E-state index contributed by atoms with van der Waals surface area (Å²) in [7, 11) is -3.62. The Morgan fingerprint density at radius 1 is 1.36 bits per heavy atom. The maximum absolute atomic E-state index is 13.9. The summed E-state index contributed by atoms with van der Waals surface area (Å²) >= 11 is 0. The van der Waals surface area contributed by atoms with Crippen molar-refractivity contribution in [1.29, 1.82) is 0 Å². The number of carboxylic acids is 1. The van der Waals surface area contributed by atoms with Crippen LogP contribution in [-0.4, -0.2) is 33.9 Å². The Kier molecular flexibility index (Phi) is 4.32. The molecule has 0 radical (unpaired) electrons. The molecule has 1 aromatic heterocycles. The molecule has 0 aliphatic carbocycles. The first-order valence-corrected chi connectivity index (χ1v) is 8.03. The van der Waals surface area contributed by atoms with Gasteiger partial charge in [0, 0.05) is 11.8 Å². The van der Waals surface area contributed by atoms with Gasteiger partial charge in [-0.2, -0.15) is 9.19 Å². The Balaban J connectivity index is 2.45. The van der Waals surface area contributed by atoms with E-state index in [1.165, 1.54) is 38.2 Å². The van der Waals surface area contributed by atoms with Crippen LogP contribution < -0.4 is 0 Å². The van der Waals surface area contributed by atoms with Crippen LogP contribution in [0.25, 0.3) is 11.3 Å². The second-order valence-corrected chi connectivity index (χ2v) is 7.40. The van der Waals surface area contributed by atoms with Crippen molar-refractivity contribution in [1.82, 2.24) is 9.19 Å². The average Bonchev–Trinajstić information content (AvgIpc) is 2.90. The van der Waals surface area contributed by atoms with Crippen LogP contribution in [0.5, 0.6) is 0 Å². The van der Waals surface area contributed by atoms with E-state index in [9.17, 15) is 17.6 Å². The zero-order valence-corrected chi connectivity index (χ0v) is 12.8. The normalized spacial score (nSPS) is 11.8. The molecule has 0 atom stereocenters. The fourth-order valence-electron chi connectivity index (χ4n) is 1.86. The van der Waals surface area contributed by atoms with Gasteiger partial charge in [0.05, 0.1) is 17.4 Å². The number of nitrogens with zero attached hydrogens (tertiary/aromatic N) is 2. The van der Waals surface area contributed by atoms with Crippen LogP contribution in [0.3, 0.4) is 0 Å². The molecule has 0 fully saturated rings. The molecule has 0 bridgehead atoms. The van der Waals surface area contributed by atoms with E-state index in [1.54, 1.807) is 0 Å². The Morgan fingerprint density at radius 3 is 2.64 bits per heavy atom. The van der Waals surface area contributed by atoms with Crippen LogP contribution >= 0.6 is 0 Å². The number of hydrogen-bond acceptors (Lipinski definition) is 4. The van der Waals surface area contributed by atoms with E-state index in [-0.39, 0.29) is 17.7 Å². The van der Waals surface area contributed by atoms with Crippen molar-refractivity contribution in [2.45, 2.75) is 25.5 Å². The molecule has 0 spiro atoms. The van der Waals surface area contributed by atoms with E-state index in [0.29, 0.717) is 5.56 Å². The molecule has 8 heteroatoms. The minimum Gasteiger partial charge on any atom is -0.481 e. The molecule has 0 saturated carbocycles. The fourth-order valence-corrected chi connectivity index (χ4v) is 2.73. The zero-order chi connectivity index (χ0) is 16.5. The number of hydrogen-bond donors (Lipinski definition) is 1. The molecule has 2 aromatic rings. The minimum atomic E-state index is -3.62. The number of benzene rings is 1. The number of carbonyl (C=O) groups is 1. The number of aliphatic carboxylic acids is 1. The van der Waals surface area contributed by atoms with Gasteiger partial charge in [0.2, 0.25) is 0 Å². The highest BCUT2D eigenvalue weighted by molar-refractivity contribution is 7.90. The van der Waals surface area contributed by atoms with Gasteiger partial charge < -0.3 is 5.11 Å². The number of carboxylic acid groups (broad SMARTS) is 1. The highest BCUT2D eigenvalue weighted by atomic mass is 32.2. The fraction of sp³-hybridized carbons (Fsp3) is 0.286. The van der Waals surface area contributed by atoms with Crippen molar-refractivity contribution in [3.05, 3.63) is 41.8 Å². The summed E-state index contributed by atoms with van der Waals surface area (Å²) in [6.45, 7) is 3.04. The smallest absolute Gasteiger partial charge is 0.307 e. The van der Waals surface area contributed by atoms with Gasteiger partial charge in [-0.15, -0.1) is 0 Å². The molecule has 0 aliphatic heterocycles. The van der Waals surface area contributed by atoms with Gasteiger partial charge in [0.1, 0.15) is 5.82 Å². The summed E-state index contributed by atoms with van der Waals surface area (Å²) in [5.74, 6) is -1.63. The van der Waals surface area contributed by atoms with Crippen molar-refractivity contribution in [2.75, 3.05) is 0 Å². The second-order valence-electron chi connectivity index (χ2n) is 5.05. The Hall–Kier alpha value is -2.22. The van der Waals surface area contributed by atoms with Crippen molar-refractivity contribution in [3.8, 4) is 11.3 Å².